The van der Waals surface area contributed by atoms with Gasteiger partial charge >= 0.3 is 0 Å². The molecule has 0 aliphatic heterocycles. The first kappa shape index (κ1) is 8.28. The summed E-state index contributed by atoms with van der Waals surface area (Å²) in [6, 6.07) is 0.576. The second kappa shape index (κ2) is 2.73. The summed E-state index contributed by atoms with van der Waals surface area (Å²) in [5, 5.41) is 0. The molecule has 0 aromatic rings. The third kappa shape index (κ3) is 0.971. The fourth-order valence-corrected chi connectivity index (χ4v) is 4.56. The van der Waals surface area contributed by atoms with Crippen molar-refractivity contribution in [2.24, 2.45) is 23.0 Å². The first-order chi connectivity index (χ1) is 6.33. The Bertz CT molecular complexity index is 201. The van der Waals surface area contributed by atoms with Crippen LogP contribution in [-0.2, 0) is 0 Å². The lowest BCUT2D eigenvalue weighted by Gasteiger charge is -2.45. The molecule has 13 heavy (non-hydrogen) atoms. The molecule has 0 unspecified atom stereocenters. The summed E-state index contributed by atoms with van der Waals surface area (Å²) in [5.74, 6) is 1.93. The summed E-state index contributed by atoms with van der Waals surface area (Å²) in [6.45, 7) is 0. The molecule has 3 rings (SSSR count). The molecule has 0 radical (unpaired) electrons. The van der Waals surface area contributed by atoms with Crippen molar-refractivity contribution in [3.63, 3.8) is 0 Å². The van der Waals surface area contributed by atoms with Crippen LogP contribution in [0.4, 0.5) is 0 Å². The van der Waals surface area contributed by atoms with Gasteiger partial charge in [-0.3, -0.25) is 0 Å². The normalized spacial score (nSPS) is 47.3. The predicted molar refractivity (Wildman–Crippen MR) is 54.3 cm³/mol. The third-order valence-corrected chi connectivity index (χ3v) is 5.24. The molecule has 74 valence electrons. The van der Waals surface area contributed by atoms with Gasteiger partial charge in [0.05, 0.1) is 0 Å². The van der Waals surface area contributed by atoms with Gasteiger partial charge in [0.2, 0.25) is 0 Å². The lowest BCUT2D eigenvalue weighted by atomic mass is 9.62. The van der Waals surface area contributed by atoms with Gasteiger partial charge in [0.15, 0.2) is 0 Å². The van der Waals surface area contributed by atoms with E-state index < -0.39 is 0 Å². The van der Waals surface area contributed by atoms with Gasteiger partial charge in [-0.2, -0.15) is 0 Å². The largest absolute Gasteiger partial charge is 0.327 e. The third-order valence-electron chi connectivity index (χ3n) is 5.24. The van der Waals surface area contributed by atoms with Crippen molar-refractivity contribution in [3.05, 3.63) is 0 Å². The van der Waals surface area contributed by atoms with Crippen LogP contribution in [0.25, 0.3) is 0 Å². The molecular formula is C12H21N. The van der Waals surface area contributed by atoms with E-state index in [9.17, 15) is 0 Å². The molecule has 0 saturated heterocycles. The molecule has 3 aliphatic rings. The van der Waals surface area contributed by atoms with E-state index in [-0.39, 0.29) is 0 Å². The summed E-state index contributed by atoms with van der Waals surface area (Å²) in [6.07, 6.45) is 11.7. The molecule has 1 spiro atoms. The van der Waals surface area contributed by atoms with E-state index in [1.165, 1.54) is 51.4 Å². The van der Waals surface area contributed by atoms with Crippen LogP contribution in [0.2, 0.25) is 0 Å². The minimum atomic E-state index is 0.576. The minimum Gasteiger partial charge on any atom is -0.327 e. The van der Waals surface area contributed by atoms with Gasteiger partial charge in [-0.1, -0.05) is 19.3 Å². The van der Waals surface area contributed by atoms with E-state index in [1.807, 2.05) is 0 Å². The maximum atomic E-state index is 6.43. The molecule has 3 fully saturated rings. The fraction of sp³-hybridized carbons (Fsp3) is 1.00. The van der Waals surface area contributed by atoms with Crippen LogP contribution in [0.15, 0.2) is 0 Å². The number of hydrogen-bond acceptors (Lipinski definition) is 1. The number of nitrogens with two attached hydrogens (primary N) is 1. The molecular weight excluding hydrogens is 158 g/mol. The van der Waals surface area contributed by atoms with Crippen molar-refractivity contribution >= 4 is 0 Å². The zero-order valence-electron chi connectivity index (χ0n) is 8.47. The highest BCUT2D eigenvalue weighted by Crippen LogP contribution is 2.60. The van der Waals surface area contributed by atoms with Gasteiger partial charge in [-0.15, -0.1) is 0 Å². The van der Waals surface area contributed by atoms with Gasteiger partial charge in [0.25, 0.3) is 0 Å². The van der Waals surface area contributed by atoms with Gasteiger partial charge in [0.1, 0.15) is 0 Å². The minimum absolute atomic E-state index is 0.576. The Labute approximate surface area is 81.1 Å². The van der Waals surface area contributed by atoms with Crippen LogP contribution < -0.4 is 5.73 Å². The second-order valence-electron chi connectivity index (χ2n) is 5.59. The Morgan fingerprint density at radius 2 is 1.77 bits per heavy atom. The summed E-state index contributed by atoms with van der Waals surface area (Å²) < 4.78 is 0. The molecule has 2 bridgehead atoms. The molecule has 0 aromatic carbocycles. The van der Waals surface area contributed by atoms with Gasteiger partial charge in [-0.25, -0.2) is 0 Å². The van der Waals surface area contributed by atoms with E-state index in [4.69, 9.17) is 5.73 Å². The Kier molecular flexibility index (Phi) is 1.74. The summed E-state index contributed by atoms with van der Waals surface area (Å²) in [5.41, 5.74) is 7.06. The van der Waals surface area contributed by atoms with Crippen molar-refractivity contribution < 1.29 is 0 Å². The molecule has 3 atom stereocenters. The monoisotopic (exact) mass is 179 g/mol. The highest BCUT2D eigenvalue weighted by atomic mass is 14.8. The SMILES string of the molecule is N[C@@H]1[C@@H]2CC[C@@H](C2)C12CCCCC2. The van der Waals surface area contributed by atoms with Crippen molar-refractivity contribution in [1.29, 1.82) is 0 Å². The highest BCUT2D eigenvalue weighted by Gasteiger charge is 2.55. The van der Waals surface area contributed by atoms with Gasteiger partial charge < -0.3 is 5.73 Å². The molecule has 0 heterocycles. The fourth-order valence-electron chi connectivity index (χ4n) is 4.56. The smallest absolute Gasteiger partial charge is 0.0127 e. The van der Waals surface area contributed by atoms with E-state index in [0.29, 0.717) is 11.5 Å². The Morgan fingerprint density at radius 1 is 1.00 bits per heavy atom. The van der Waals surface area contributed by atoms with Crippen LogP contribution in [0.5, 0.6) is 0 Å². The zero-order valence-corrected chi connectivity index (χ0v) is 8.47. The molecule has 1 nitrogen and oxygen atoms in total. The van der Waals surface area contributed by atoms with Crippen LogP contribution in [0, 0.1) is 17.3 Å². The van der Waals surface area contributed by atoms with Crippen molar-refractivity contribution in [2.75, 3.05) is 0 Å². The number of hydrogen-bond donors (Lipinski definition) is 1. The summed E-state index contributed by atoms with van der Waals surface area (Å²) in [7, 11) is 0. The average Bonchev–Trinajstić information content (AvgIpc) is 2.73. The first-order valence-electron chi connectivity index (χ1n) is 6.08. The van der Waals surface area contributed by atoms with Crippen LogP contribution in [0.1, 0.15) is 51.4 Å². The topological polar surface area (TPSA) is 26.0 Å². The Hall–Kier alpha value is -0.0400. The summed E-state index contributed by atoms with van der Waals surface area (Å²) >= 11 is 0. The summed E-state index contributed by atoms with van der Waals surface area (Å²) in [4.78, 5) is 0. The van der Waals surface area contributed by atoms with Crippen molar-refractivity contribution in [3.8, 4) is 0 Å². The standard InChI is InChI=1S/C12H21N/c13-11-9-4-5-10(8-9)12(11)6-2-1-3-7-12/h9-11H,1-8,13H2/t9-,10+,11-/m1/s1. The molecule has 3 saturated carbocycles. The van der Waals surface area contributed by atoms with Crippen LogP contribution >= 0.6 is 0 Å². The molecule has 2 N–H and O–H groups in total. The van der Waals surface area contributed by atoms with E-state index in [0.717, 1.165) is 11.8 Å². The zero-order chi connectivity index (χ0) is 8.89. The van der Waals surface area contributed by atoms with Gasteiger partial charge in [0, 0.05) is 6.04 Å². The molecule has 0 amide bonds. The van der Waals surface area contributed by atoms with E-state index in [2.05, 4.69) is 0 Å². The lowest BCUT2D eigenvalue weighted by molar-refractivity contribution is 0.0779. The molecule has 3 aliphatic carbocycles. The number of fused-ring (bicyclic) bond motifs is 3. The van der Waals surface area contributed by atoms with Crippen LogP contribution in [-0.4, -0.2) is 6.04 Å². The lowest BCUT2D eigenvalue weighted by Crippen LogP contribution is -2.47. The van der Waals surface area contributed by atoms with E-state index in [1.54, 1.807) is 0 Å². The number of rotatable bonds is 0. The predicted octanol–water partition coefficient (Wildman–Crippen LogP) is 2.69. The molecule has 1 heteroatoms. The van der Waals surface area contributed by atoms with Crippen molar-refractivity contribution in [1.82, 2.24) is 0 Å². The van der Waals surface area contributed by atoms with Crippen LogP contribution in [0.3, 0.4) is 0 Å². The highest BCUT2D eigenvalue weighted by molar-refractivity contribution is 5.09. The second-order valence-corrected chi connectivity index (χ2v) is 5.59. The quantitative estimate of drug-likeness (QED) is 0.608. The first-order valence-corrected chi connectivity index (χ1v) is 6.08. The molecule has 0 aromatic heterocycles. The maximum absolute atomic E-state index is 6.43. The van der Waals surface area contributed by atoms with E-state index >= 15 is 0 Å². The Balaban J connectivity index is 1.88. The Morgan fingerprint density at radius 3 is 2.38 bits per heavy atom. The van der Waals surface area contributed by atoms with Gasteiger partial charge in [-0.05, 0) is 49.4 Å². The maximum Gasteiger partial charge on any atom is 0.0127 e. The van der Waals surface area contributed by atoms with Crippen molar-refractivity contribution in [2.45, 2.75) is 57.4 Å². The average molecular weight is 179 g/mol.